The minimum absolute atomic E-state index is 0. The molecule has 0 aromatic heterocycles. The molecule has 2 atom stereocenters. The number of piperidine rings is 1. The lowest BCUT2D eigenvalue weighted by Gasteiger charge is -2.34. The molecule has 0 radical (unpaired) electrons. The first-order valence-corrected chi connectivity index (χ1v) is 9.53. The summed E-state index contributed by atoms with van der Waals surface area (Å²) in [6.45, 7) is 4.51. The summed E-state index contributed by atoms with van der Waals surface area (Å²) in [6, 6.07) is 0.531. The molecule has 4 fully saturated rings. The average Bonchev–Trinajstić information content (AvgIpc) is 3.29. The first kappa shape index (κ1) is 18.0. The van der Waals surface area contributed by atoms with E-state index in [9.17, 15) is 9.59 Å². The summed E-state index contributed by atoms with van der Waals surface area (Å²) >= 11 is 0. The monoisotopic (exact) mass is 355 g/mol. The van der Waals surface area contributed by atoms with Crippen LogP contribution in [0.15, 0.2) is 0 Å². The highest BCUT2D eigenvalue weighted by Crippen LogP contribution is 2.30. The third kappa shape index (κ3) is 3.43. The molecule has 1 N–H and O–H groups in total. The van der Waals surface area contributed by atoms with E-state index in [4.69, 9.17) is 0 Å². The van der Waals surface area contributed by atoms with Crippen LogP contribution < -0.4 is 5.32 Å². The summed E-state index contributed by atoms with van der Waals surface area (Å²) in [6.07, 6.45) is 7.48. The van der Waals surface area contributed by atoms with Gasteiger partial charge in [0.25, 0.3) is 0 Å². The Morgan fingerprint density at radius 3 is 2.08 bits per heavy atom. The lowest BCUT2D eigenvalue weighted by atomic mass is 9.94. The Labute approximate surface area is 150 Å². The molecule has 1 aliphatic carbocycles. The zero-order valence-electron chi connectivity index (χ0n) is 14.4. The Morgan fingerprint density at radius 2 is 1.42 bits per heavy atom. The Bertz CT molecular complexity index is 461. The number of hydrogen-bond acceptors (Lipinski definition) is 3. The summed E-state index contributed by atoms with van der Waals surface area (Å²) in [5, 5.41) is 3.51. The third-order valence-electron chi connectivity index (χ3n) is 6.53. The number of halogens is 1. The summed E-state index contributed by atoms with van der Waals surface area (Å²) in [4.78, 5) is 29.4. The van der Waals surface area contributed by atoms with Crippen LogP contribution in [0.5, 0.6) is 0 Å². The first-order valence-electron chi connectivity index (χ1n) is 9.53. The van der Waals surface area contributed by atoms with E-state index in [1.54, 1.807) is 0 Å². The smallest absolute Gasteiger partial charge is 0.225 e. The summed E-state index contributed by atoms with van der Waals surface area (Å²) in [5.74, 6) is 1.78. The third-order valence-corrected chi connectivity index (χ3v) is 6.53. The number of amides is 2. The number of carbonyl (C=O) groups excluding carboxylic acids is 2. The van der Waals surface area contributed by atoms with Crippen molar-refractivity contribution in [3.05, 3.63) is 0 Å². The molecule has 0 spiro atoms. The molecular formula is C18H30ClN3O2. The van der Waals surface area contributed by atoms with Crippen molar-refractivity contribution in [2.24, 2.45) is 17.8 Å². The number of hydrogen-bond donors (Lipinski definition) is 1. The van der Waals surface area contributed by atoms with Crippen molar-refractivity contribution in [3.63, 3.8) is 0 Å². The number of nitrogens with one attached hydrogen (secondary N) is 1. The number of likely N-dealkylation sites (tertiary alicyclic amines) is 2. The molecule has 1 saturated carbocycles. The highest BCUT2D eigenvalue weighted by Gasteiger charge is 2.40. The molecule has 0 aromatic rings. The van der Waals surface area contributed by atoms with Gasteiger partial charge in [0.15, 0.2) is 0 Å². The largest absolute Gasteiger partial charge is 0.342 e. The van der Waals surface area contributed by atoms with Gasteiger partial charge < -0.3 is 15.1 Å². The van der Waals surface area contributed by atoms with Crippen LogP contribution in [-0.2, 0) is 9.59 Å². The molecule has 4 rings (SSSR count). The van der Waals surface area contributed by atoms with E-state index in [0.717, 1.165) is 58.4 Å². The van der Waals surface area contributed by atoms with Gasteiger partial charge in [-0.2, -0.15) is 0 Å². The maximum atomic E-state index is 12.8. The second-order valence-corrected chi connectivity index (χ2v) is 7.93. The van der Waals surface area contributed by atoms with Crippen LogP contribution >= 0.6 is 12.4 Å². The number of carbonyl (C=O) groups is 2. The van der Waals surface area contributed by atoms with Gasteiger partial charge in [-0.15, -0.1) is 12.4 Å². The molecule has 3 aliphatic heterocycles. The van der Waals surface area contributed by atoms with Gasteiger partial charge in [-0.3, -0.25) is 9.59 Å². The topological polar surface area (TPSA) is 52.7 Å². The SMILES string of the molecule is Cl.O=C(C1CCCC1)N1CCC(C(=O)N2C[C@@H]3CCN[C@@H]3C2)CC1. The number of fused-ring (bicyclic) bond motifs is 1. The minimum atomic E-state index is 0. The zero-order valence-corrected chi connectivity index (χ0v) is 15.2. The van der Waals surface area contributed by atoms with E-state index < -0.39 is 0 Å². The van der Waals surface area contributed by atoms with Crippen molar-refractivity contribution in [1.82, 2.24) is 15.1 Å². The predicted octanol–water partition coefficient (Wildman–Crippen LogP) is 1.66. The Balaban J connectivity index is 0.00000169. The van der Waals surface area contributed by atoms with Crippen LogP contribution in [0, 0.1) is 17.8 Å². The quantitative estimate of drug-likeness (QED) is 0.819. The number of rotatable bonds is 2. The summed E-state index contributed by atoms with van der Waals surface area (Å²) in [7, 11) is 0. The second kappa shape index (κ2) is 7.61. The fraction of sp³-hybridized carbons (Fsp3) is 0.889. The van der Waals surface area contributed by atoms with Crippen LogP contribution in [0.3, 0.4) is 0 Å². The molecule has 24 heavy (non-hydrogen) atoms. The van der Waals surface area contributed by atoms with Crippen LogP contribution in [0.1, 0.15) is 44.9 Å². The molecule has 4 aliphatic rings. The highest BCUT2D eigenvalue weighted by atomic mass is 35.5. The molecule has 0 bridgehead atoms. The predicted molar refractivity (Wildman–Crippen MR) is 95.0 cm³/mol. The van der Waals surface area contributed by atoms with Crippen molar-refractivity contribution in [2.45, 2.75) is 51.0 Å². The molecule has 2 amide bonds. The van der Waals surface area contributed by atoms with E-state index in [-0.39, 0.29) is 24.2 Å². The summed E-state index contributed by atoms with van der Waals surface area (Å²) < 4.78 is 0. The van der Waals surface area contributed by atoms with Crippen LogP contribution in [-0.4, -0.2) is 60.4 Å². The van der Waals surface area contributed by atoms with Gasteiger partial charge in [0.2, 0.25) is 11.8 Å². The average molecular weight is 356 g/mol. The second-order valence-electron chi connectivity index (χ2n) is 7.93. The molecular weight excluding hydrogens is 326 g/mol. The van der Waals surface area contributed by atoms with Crippen molar-refractivity contribution < 1.29 is 9.59 Å². The lowest BCUT2D eigenvalue weighted by Crippen LogP contribution is -2.46. The van der Waals surface area contributed by atoms with Crippen molar-refractivity contribution >= 4 is 24.2 Å². The number of nitrogens with zero attached hydrogens (tertiary/aromatic N) is 2. The van der Waals surface area contributed by atoms with Crippen LogP contribution in [0.2, 0.25) is 0 Å². The van der Waals surface area contributed by atoms with Crippen LogP contribution in [0.4, 0.5) is 0 Å². The van der Waals surface area contributed by atoms with Crippen molar-refractivity contribution in [1.29, 1.82) is 0 Å². The van der Waals surface area contributed by atoms with E-state index in [1.807, 2.05) is 4.90 Å². The minimum Gasteiger partial charge on any atom is -0.342 e. The summed E-state index contributed by atoms with van der Waals surface area (Å²) in [5.41, 5.74) is 0. The van der Waals surface area contributed by atoms with Gasteiger partial charge in [0, 0.05) is 44.1 Å². The van der Waals surface area contributed by atoms with Gasteiger partial charge in [0.05, 0.1) is 0 Å². The van der Waals surface area contributed by atoms with Crippen LogP contribution in [0.25, 0.3) is 0 Å². The van der Waals surface area contributed by atoms with Crippen molar-refractivity contribution in [2.75, 3.05) is 32.7 Å². The van der Waals surface area contributed by atoms with E-state index >= 15 is 0 Å². The van der Waals surface area contributed by atoms with Gasteiger partial charge in [-0.05, 0) is 44.6 Å². The van der Waals surface area contributed by atoms with Gasteiger partial charge in [0.1, 0.15) is 0 Å². The molecule has 0 unspecified atom stereocenters. The fourth-order valence-corrected chi connectivity index (χ4v) is 5.07. The molecule has 5 nitrogen and oxygen atoms in total. The lowest BCUT2D eigenvalue weighted by molar-refractivity contribution is -0.142. The molecule has 136 valence electrons. The Hall–Kier alpha value is -0.810. The first-order chi connectivity index (χ1) is 11.2. The van der Waals surface area contributed by atoms with E-state index in [1.165, 1.54) is 19.3 Å². The molecule has 0 aromatic carbocycles. The van der Waals surface area contributed by atoms with E-state index in [0.29, 0.717) is 23.8 Å². The van der Waals surface area contributed by atoms with Crippen molar-refractivity contribution in [3.8, 4) is 0 Å². The molecule has 6 heteroatoms. The Kier molecular flexibility index (Phi) is 5.70. The van der Waals surface area contributed by atoms with E-state index in [2.05, 4.69) is 10.2 Å². The highest BCUT2D eigenvalue weighted by molar-refractivity contribution is 5.85. The fourth-order valence-electron chi connectivity index (χ4n) is 5.07. The van der Waals surface area contributed by atoms with Gasteiger partial charge in [-0.1, -0.05) is 12.8 Å². The standard InChI is InChI=1S/C18H29N3O2.ClH/c22-17(13-3-1-2-4-13)20-9-6-14(7-10-20)18(23)21-11-15-5-8-19-16(15)12-21;/h13-16,19H,1-12H2;1H/t15-,16+;/m0./s1. The molecule has 3 heterocycles. The molecule has 3 saturated heterocycles. The maximum absolute atomic E-state index is 12.8. The van der Waals surface area contributed by atoms with Gasteiger partial charge >= 0.3 is 0 Å². The Morgan fingerprint density at radius 1 is 0.792 bits per heavy atom. The zero-order chi connectivity index (χ0) is 15.8. The van der Waals surface area contributed by atoms with Gasteiger partial charge in [-0.25, -0.2) is 0 Å². The normalized spacial score (nSPS) is 31.2. The maximum Gasteiger partial charge on any atom is 0.225 e.